The van der Waals surface area contributed by atoms with Gasteiger partial charge < -0.3 is 14.6 Å². The van der Waals surface area contributed by atoms with Gasteiger partial charge in [0.05, 0.1) is 6.61 Å². The minimum absolute atomic E-state index is 0.0692. The van der Waals surface area contributed by atoms with Crippen LogP contribution in [-0.2, 0) is 19.1 Å². The van der Waals surface area contributed by atoms with Gasteiger partial charge in [-0.05, 0) is 96.3 Å². The molecule has 0 spiro atoms. The van der Waals surface area contributed by atoms with Gasteiger partial charge in [0.1, 0.15) is 6.61 Å². The third-order valence-electron chi connectivity index (χ3n) is 15.4. The van der Waals surface area contributed by atoms with Gasteiger partial charge in [-0.15, -0.1) is 0 Å². The van der Waals surface area contributed by atoms with Gasteiger partial charge in [-0.2, -0.15) is 0 Å². The molecule has 1 unspecified atom stereocenters. The lowest BCUT2D eigenvalue weighted by molar-refractivity contribution is -0.161. The summed E-state index contributed by atoms with van der Waals surface area (Å²) in [6.45, 7) is 4.06. The van der Waals surface area contributed by atoms with E-state index in [0.717, 1.165) is 89.9 Å². The zero-order valence-electron chi connectivity index (χ0n) is 53.1. The van der Waals surface area contributed by atoms with Gasteiger partial charge in [-0.3, -0.25) is 9.59 Å². The molecule has 0 bridgehead atoms. The van der Waals surface area contributed by atoms with Crippen LogP contribution in [0.5, 0.6) is 0 Å². The van der Waals surface area contributed by atoms with E-state index in [9.17, 15) is 14.7 Å². The lowest BCUT2D eigenvalue weighted by Crippen LogP contribution is -2.28. The Labute approximate surface area is 498 Å². The maximum absolute atomic E-state index is 12.4. The van der Waals surface area contributed by atoms with E-state index in [0.29, 0.717) is 12.8 Å². The number of ether oxygens (including phenoxy) is 2. The zero-order valence-corrected chi connectivity index (χ0v) is 53.1. The molecule has 0 aromatic carbocycles. The van der Waals surface area contributed by atoms with Crippen molar-refractivity contribution < 1.29 is 24.2 Å². The van der Waals surface area contributed by atoms with Crippen molar-refractivity contribution >= 4 is 11.9 Å². The minimum Gasteiger partial charge on any atom is -0.462 e. The van der Waals surface area contributed by atoms with Crippen LogP contribution >= 0.6 is 0 Å². The normalized spacial score (nSPS) is 12.8. The first-order chi connectivity index (χ1) is 39.6. The van der Waals surface area contributed by atoms with Gasteiger partial charge in [-0.25, -0.2) is 0 Å². The average molecular weight is 1110 g/mol. The van der Waals surface area contributed by atoms with Gasteiger partial charge in [0.2, 0.25) is 0 Å². The average Bonchev–Trinajstić information content (AvgIpc) is 3.46. The van der Waals surface area contributed by atoms with Crippen LogP contribution in [0.25, 0.3) is 0 Å². The Morgan fingerprint density at radius 1 is 0.300 bits per heavy atom. The van der Waals surface area contributed by atoms with Crippen LogP contribution < -0.4 is 0 Å². The molecule has 5 heteroatoms. The molecule has 0 amide bonds. The van der Waals surface area contributed by atoms with Crippen LogP contribution in [0.15, 0.2) is 97.2 Å². The maximum atomic E-state index is 12.4. The van der Waals surface area contributed by atoms with Crippen molar-refractivity contribution in [3.63, 3.8) is 0 Å². The molecule has 0 aliphatic carbocycles. The number of aliphatic hydroxyl groups is 1. The summed E-state index contributed by atoms with van der Waals surface area (Å²) >= 11 is 0. The summed E-state index contributed by atoms with van der Waals surface area (Å²) in [5.74, 6) is -0.587. The third-order valence-corrected chi connectivity index (χ3v) is 15.4. The predicted molar refractivity (Wildman–Crippen MR) is 352 cm³/mol. The van der Waals surface area contributed by atoms with Crippen molar-refractivity contribution in [2.24, 2.45) is 0 Å². The molecule has 0 rings (SSSR count). The quantitative estimate of drug-likeness (QED) is 0.0373. The van der Waals surface area contributed by atoms with Crippen LogP contribution in [0.4, 0.5) is 0 Å². The second-order valence-electron chi connectivity index (χ2n) is 23.2. The summed E-state index contributed by atoms with van der Waals surface area (Å²) in [7, 11) is 0. The van der Waals surface area contributed by atoms with E-state index >= 15 is 0 Å². The second-order valence-corrected chi connectivity index (χ2v) is 23.2. The Bertz CT molecular complexity index is 1500. The van der Waals surface area contributed by atoms with Gasteiger partial charge in [-0.1, -0.05) is 336 Å². The highest BCUT2D eigenvalue weighted by Gasteiger charge is 2.16. The van der Waals surface area contributed by atoms with Crippen molar-refractivity contribution in [1.82, 2.24) is 0 Å². The first kappa shape index (κ1) is 76.8. The fourth-order valence-corrected chi connectivity index (χ4v) is 10.2. The molecule has 0 aliphatic heterocycles. The summed E-state index contributed by atoms with van der Waals surface area (Å²) in [5, 5.41) is 9.70. The molecule has 462 valence electrons. The highest BCUT2D eigenvalue weighted by Crippen LogP contribution is 2.18. The summed E-state index contributed by atoms with van der Waals surface area (Å²) in [5.41, 5.74) is 0. The SMILES string of the molecule is CC/C=C\C/C=C\C/C=C\C/C=C\C/C=C\C/C=C\C/C=C\CCCCCCCCCCCC(=O)OC(CO)COC(=O)CCCCCCCCCCCCCCCCCCCCCCCCC/C=C\CCCCCCCCCC. The van der Waals surface area contributed by atoms with Crippen LogP contribution in [0, 0.1) is 0 Å². The van der Waals surface area contributed by atoms with E-state index < -0.39 is 6.10 Å². The van der Waals surface area contributed by atoms with Crippen LogP contribution in [0.1, 0.15) is 348 Å². The monoisotopic (exact) mass is 1110 g/mol. The third kappa shape index (κ3) is 67.3. The standard InChI is InChI=1S/C75H132O5/c1-3-5-7-9-11-13-15-17-19-21-23-25-27-29-31-33-35-36-37-38-40-41-43-45-47-49-51-53-55-57-59-61-63-65-67-69-74(77)79-72-73(71-76)80-75(78)70-68-66-64-62-60-58-56-54-52-50-48-46-44-42-39-34-32-30-28-26-24-22-20-18-16-14-12-10-8-6-4-2/h6,8,12,14,18,20-21,23-24,26,30,32,39,42,46,48,73,76H,3-5,7,9-11,13,15-17,19,22,25,27-29,31,33-38,40-41,43-45,47,49-72H2,1-2H3/b8-6-,14-12-,20-18-,23-21-,26-24-,32-30-,42-39-,48-46-. The van der Waals surface area contributed by atoms with E-state index in [4.69, 9.17) is 9.47 Å². The van der Waals surface area contributed by atoms with E-state index in [2.05, 4.69) is 111 Å². The van der Waals surface area contributed by atoms with Crippen molar-refractivity contribution in [3.05, 3.63) is 97.2 Å². The smallest absolute Gasteiger partial charge is 0.306 e. The molecule has 0 aliphatic rings. The van der Waals surface area contributed by atoms with E-state index in [1.807, 2.05) is 0 Å². The van der Waals surface area contributed by atoms with Crippen molar-refractivity contribution in [2.45, 2.75) is 354 Å². The number of carbonyl (C=O) groups excluding carboxylic acids is 2. The lowest BCUT2D eigenvalue weighted by atomic mass is 10.0. The molecule has 0 fully saturated rings. The summed E-state index contributed by atoms with van der Waals surface area (Å²) in [6, 6.07) is 0. The maximum Gasteiger partial charge on any atom is 0.306 e. The molecular formula is C75H132O5. The number of hydrogen-bond acceptors (Lipinski definition) is 5. The Kier molecular flexibility index (Phi) is 67.3. The molecular weight excluding hydrogens is 981 g/mol. The molecule has 0 saturated carbocycles. The lowest BCUT2D eigenvalue weighted by Gasteiger charge is -2.15. The Hall–Kier alpha value is -3.18. The number of rotatable bonds is 64. The molecule has 5 nitrogen and oxygen atoms in total. The minimum atomic E-state index is -0.781. The van der Waals surface area contributed by atoms with Gasteiger partial charge in [0, 0.05) is 12.8 Å². The number of unbranched alkanes of at least 4 members (excludes halogenated alkanes) is 40. The topological polar surface area (TPSA) is 72.8 Å². The number of aliphatic hydroxyl groups excluding tert-OH is 1. The fourth-order valence-electron chi connectivity index (χ4n) is 10.2. The second kappa shape index (κ2) is 70.1. The highest BCUT2D eigenvalue weighted by atomic mass is 16.6. The van der Waals surface area contributed by atoms with Gasteiger partial charge >= 0.3 is 11.9 Å². The van der Waals surface area contributed by atoms with E-state index in [-0.39, 0.29) is 25.2 Å². The predicted octanol–water partition coefficient (Wildman–Crippen LogP) is 24.2. The molecule has 0 radical (unpaired) electrons. The van der Waals surface area contributed by atoms with Gasteiger partial charge in [0.15, 0.2) is 6.10 Å². The Morgan fingerprint density at radius 3 is 0.825 bits per heavy atom. The first-order valence-electron chi connectivity index (χ1n) is 34.8. The summed E-state index contributed by atoms with van der Waals surface area (Å²) in [4.78, 5) is 24.6. The molecule has 1 N–H and O–H groups in total. The van der Waals surface area contributed by atoms with Crippen LogP contribution in [-0.4, -0.2) is 36.4 Å². The van der Waals surface area contributed by atoms with Crippen molar-refractivity contribution in [1.29, 1.82) is 0 Å². The highest BCUT2D eigenvalue weighted by molar-refractivity contribution is 5.70. The molecule has 0 heterocycles. The summed E-state index contributed by atoms with van der Waals surface area (Å²) < 4.78 is 10.8. The Morgan fingerprint density at radius 2 is 0.537 bits per heavy atom. The summed E-state index contributed by atoms with van der Waals surface area (Å²) in [6.07, 6.45) is 100. The zero-order chi connectivity index (χ0) is 57.6. The number of esters is 2. The molecule has 0 aromatic heterocycles. The van der Waals surface area contributed by atoms with Crippen LogP contribution in [0.2, 0.25) is 0 Å². The molecule has 0 aromatic rings. The number of allylic oxidation sites excluding steroid dienone is 16. The first-order valence-corrected chi connectivity index (χ1v) is 34.8. The molecule has 1 atom stereocenters. The number of hydrogen-bond donors (Lipinski definition) is 1. The van der Waals surface area contributed by atoms with Crippen LogP contribution in [0.3, 0.4) is 0 Å². The van der Waals surface area contributed by atoms with Crippen molar-refractivity contribution in [3.8, 4) is 0 Å². The fraction of sp³-hybridized carbons (Fsp3) is 0.760. The number of carbonyl (C=O) groups is 2. The molecule has 80 heavy (non-hydrogen) atoms. The Balaban J connectivity index is 3.46. The molecule has 0 saturated heterocycles. The van der Waals surface area contributed by atoms with Gasteiger partial charge in [0.25, 0.3) is 0 Å². The van der Waals surface area contributed by atoms with E-state index in [1.165, 1.54) is 231 Å². The van der Waals surface area contributed by atoms with E-state index in [1.54, 1.807) is 0 Å². The largest absolute Gasteiger partial charge is 0.462 e. The van der Waals surface area contributed by atoms with Crippen molar-refractivity contribution in [2.75, 3.05) is 13.2 Å².